The Balaban J connectivity index is 1.68. The van der Waals surface area contributed by atoms with Gasteiger partial charge >= 0.3 is 6.01 Å². The summed E-state index contributed by atoms with van der Waals surface area (Å²) >= 11 is 0. The minimum atomic E-state index is 0.364. The monoisotopic (exact) mass is 257 g/mol. The molecule has 3 rings (SSSR count). The zero-order chi connectivity index (χ0) is 12.9. The Morgan fingerprint density at radius 3 is 2.37 bits per heavy atom. The van der Waals surface area contributed by atoms with Crippen LogP contribution in [0, 0.1) is 0 Å². The predicted octanol–water partition coefficient (Wildman–Crippen LogP) is 2.11. The van der Waals surface area contributed by atoms with E-state index in [0.29, 0.717) is 6.01 Å². The van der Waals surface area contributed by atoms with Crippen LogP contribution in [-0.4, -0.2) is 36.3 Å². The largest absolute Gasteiger partial charge is 0.424 e. The Bertz CT molecular complexity index is 510. The van der Waals surface area contributed by atoms with Crippen LogP contribution >= 0.6 is 0 Å². The average molecular weight is 257 g/mol. The number of para-hydroxylation sites is 1. The van der Waals surface area contributed by atoms with Crippen LogP contribution < -0.4 is 9.64 Å². The quantitative estimate of drug-likeness (QED) is 0.842. The number of hydrogen-bond acceptors (Lipinski definition) is 5. The molecule has 2 aromatic rings. The zero-order valence-corrected chi connectivity index (χ0v) is 10.5. The first kappa shape index (κ1) is 11.9. The Kier molecular flexibility index (Phi) is 3.56. The first-order valence-corrected chi connectivity index (χ1v) is 6.29. The van der Waals surface area contributed by atoms with E-state index in [1.165, 1.54) is 0 Å². The van der Waals surface area contributed by atoms with Gasteiger partial charge in [0.2, 0.25) is 0 Å². The van der Waals surface area contributed by atoms with Crippen molar-refractivity contribution in [2.24, 2.45) is 0 Å². The molecule has 0 spiro atoms. The SMILES string of the molecule is c1ccc(Oc2ncc(N3CCOCC3)cn2)cc1. The Labute approximate surface area is 111 Å². The maximum atomic E-state index is 5.56. The maximum absolute atomic E-state index is 5.56. The molecule has 1 aromatic heterocycles. The van der Waals surface area contributed by atoms with Crippen LogP contribution in [0.3, 0.4) is 0 Å². The normalized spacial score (nSPS) is 15.3. The van der Waals surface area contributed by atoms with E-state index in [1.54, 1.807) is 12.4 Å². The molecular weight excluding hydrogens is 242 g/mol. The Morgan fingerprint density at radius 2 is 1.68 bits per heavy atom. The number of nitrogens with zero attached hydrogens (tertiary/aromatic N) is 3. The molecule has 1 saturated heterocycles. The number of aromatic nitrogens is 2. The summed E-state index contributed by atoms with van der Waals surface area (Å²) in [6.07, 6.45) is 3.58. The number of anilines is 1. The van der Waals surface area contributed by atoms with Crippen LogP contribution in [0.1, 0.15) is 0 Å². The van der Waals surface area contributed by atoms with Crippen LogP contribution in [-0.2, 0) is 4.74 Å². The van der Waals surface area contributed by atoms with Crippen LogP contribution in [0.2, 0.25) is 0 Å². The summed E-state index contributed by atoms with van der Waals surface area (Å²) in [5.74, 6) is 0.738. The van der Waals surface area contributed by atoms with Crippen molar-refractivity contribution >= 4 is 5.69 Å². The highest BCUT2D eigenvalue weighted by molar-refractivity contribution is 5.42. The molecule has 1 fully saturated rings. The van der Waals surface area contributed by atoms with E-state index in [9.17, 15) is 0 Å². The third-order valence-corrected chi connectivity index (χ3v) is 2.94. The second-order valence-electron chi connectivity index (χ2n) is 4.24. The first-order valence-electron chi connectivity index (χ1n) is 6.29. The minimum absolute atomic E-state index is 0.364. The van der Waals surface area contributed by atoms with E-state index in [-0.39, 0.29) is 0 Å². The van der Waals surface area contributed by atoms with E-state index in [4.69, 9.17) is 9.47 Å². The van der Waals surface area contributed by atoms with Gasteiger partial charge in [0.1, 0.15) is 5.75 Å². The second kappa shape index (κ2) is 5.67. The van der Waals surface area contributed by atoms with Crippen LogP contribution in [0.4, 0.5) is 5.69 Å². The molecule has 0 saturated carbocycles. The van der Waals surface area contributed by atoms with Crippen molar-refractivity contribution in [3.8, 4) is 11.8 Å². The van der Waals surface area contributed by atoms with Crippen molar-refractivity contribution in [3.63, 3.8) is 0 Å². The highest BCUT2D eigenvalue weighted by Gasteiger charge is 2.12. The highest BCUT2D eigenvalue weighted by Crippen LogP contribution is 2.19. The van der Waals surface area contributed by atoms with Gasteiger partial charge in [-0.2, -0.15) is 0 Å². The fourth-order valence-electron chi connectivity index (χ4n) is 1.94. The molecule has 0 radical (unpaired) electrons. The topological polar surface area (TPSA) is 47.5 Å². The number of rotatable bonds is 3. The number of benzene rings is 1. The molecule has 2 heterocycles. The maximum Gasteiger partial charge on any atom is 0.322 e. The smallest absolute Gasteiger partial charge is 0.322 e. The van der Waals surface area contributed by atoms with Gasteiger partial charge in [0, 0.05) is 13.1 Å². The summed E-state index contributed by atoms with van der Waals surface area (Å²) in [6, 6.07) is 9.88. The number of morpholine rings is 1. The highest BCUT2D eigenvalue weighted by atomic mass is 16.5. The van der Waals surface area contributed by atoms with Gasteiger partial charge in [-0.25, -0.2) is 9.97 Å². The lowest BCUT2D eigenvalue weighted by Crippen LogP contribution is -2.36. The third-order valence-electron chi connectivity index (χ3n) is 2.94. The first-order chi connectivity index (χ1) is 9.42. The second-order valence-corrected chi connectivity index (χ2v) is 4.24. The van der Waals surface area contributed by atoms with Crippen LogP contribution in [0.25, 0.3) is 0 Å². The molecule has 19 heavy (non-hydrogen) atoms. The van der Waals surface area contributed by atoms with E-state index in [0.717, 1.165) is 37.7 Å². The lowest BCUT2D eigenvalue weighted by Gasteiger charge is -2.28. The summed E-state index contributed by atoms with van der Waals surface area (Å²) in [5.41, 5.74) is 1.00. The van der Waals surface area contributed by atoms with Gasteiger partial charge in [0.25, 0.3) is 0 Å². The molecular formula is C14H15N3O2. The molecule has 5 heteroatoms. The van der Waals surface area contributed by atoms with Gasteiger partial charge in [-0.1, -0.05) is 18.2 Å². The van der Waals surface area contributed by atoms with Gasteiger partial charge in [-0.15, -0.1) is 0 Å². The van der Waals surface area contributed by atoms with E-state index in [2.05, 4.69) is 14.9 Å². The van der Waals surface area contributed by atoms with Crippen molar-refractivity contribution in [2.45, 2.75) is 0 Å². The summed E-state index contributed by atoms with van der Waals surface area (Å²) in [7, 11) is 0. The average Bonchev–Trinajstić information content (AvgIpc) is 2.50. The van der Waals surface area contributed by atoms with Crippen LogP contribution in [0.5, 0.6) is 11.8 Å². The molecule has 1 aliphatic heterocycles. The Morgan fingerprint density at radius 1 is 1.00 bits per heavy atom. The summed E-state index contributed by atoms with van der Waals surface area (Å²) < 4.78 is 10.9. The molecule has 0 unspecified atom stereocenters. The van der Waals surface area contributed by atoms with E-state index >= 15 is 0 Å². The Hall–Kier alpha value is -2.14. The molecule has 0 bridgehead atoms. The van der Waals surface area contributed by atoms with Gasteiger partial charge in [-0.3, -0.25) is 0 Å². The molecule has 0 aliphatic carbocycles. The number of ether oxygens (including phenoxy) is 2. The molecule has 5 nitrogen and oxygen atoms in total. The third kappa shape index (κ3) is 3.00. The zero-order valence-electron chi connectivity index (χ0n) is 10.5. The van der Waals surface area contributed by atoms with Crippen molar-refractivity contribution in [2.75, 3.05) is 31.2 Å². The van der Waals surface area contributed by atoms with Gasteiger partial charge in [0.05, 0.1) is 31.3 Å². The van der Waals surface area contributed by atoms with Gasteiger partial charge in [0.15, 0.2) is 0 Å². The van der Waals surface area contributed by atoms with Crippen LogP contribution in [0.15, 0.2) is 42.7 Å². The minimum Gasteiger partial charge on any atom is -0.424 e. The molecule has 1 aromatic carbocycles. The molecule has 98 valence electrons. The predicted molar refractivity (Wildman–Crippen MR) is 71.6 cm³/mol. The fourth-order valence-corrected chi connectivity index (χ4v) is 1.94. The summed E-state index contributed by atoms with van der Waals surface area (Å²) in [4.78, 5) is 10.7. The lowest BCUT2D eigenvalue weighted by atomic mass is 10.3. The van der Waals surface area contributed by atoms with Gasteiger partial charge in [-0.05, 0) is 12.1 Å². The van der Waals surface area contributed by atoms with E-state index < -0.39 is 0 Å². The molecule has 1 aliphatic rings. The summed E-state index contributed by atoms with van der Waals surface area (Å²) in [6.45, 7) is 3.26. The van der Waals surface area contributed by atoms with Crippen molar-refractivity contribution in [3.05, 3.63) is 42.7 Å². The van der Waals surface area contributed by atoms with Crippen molar-refractivity contribution in [1.82, 2.24) is 9.97 Å². The van der Waals surface area contributed by atoms with Crippen molar-refractivity contribution in [1.29, 1.82) is 0 Å². The molecule has 0 atom stereocenters. The van der Waals surface area contributed by atoms with E-state index in [1.807, 2.05) is 30.3 Å². The molecule has 0 amide bonds. The fraction of sp³-hybridized carbons (Fsp3) is 0.286. The molecule has 0 N–H and O–H groups in total. The summed E-state index contributed by atoms with van der Waals surface area (Å²) in [5, 5.41) is 0. The van der Waals surface area contributed by atoms with Gasteiger partial charge < -0.3 is 14.4 Å². The lowest BCUT2D eigenvalue weighted by molar-refractivity contribution is 0.122. The number of hydrogen-bond donors (Lipinski definition) is 0. The standard InChI is InChI=1S/C14H15N3O2/c1-2-4-13(5-3-1)19-14-15-10-12(11-16-14)17-6-8-18-9-7-17/h1-5,10-11H,6-9H2. The van der Waals surface area contributed by atoms with Crippen molar-refractivity contribution < 1.29 is 9.47 Å².